The van der Waals surface area contributed by atoms with Gasteiger partial charge in [0, 0.05) is 13.1 Å². The molecule has 0 atom stereocenters. The predicted molar refractivity (Wildman–Crippen MR) is 64.9 cm³/mol. The van der Waals surface area contributed by atoms with Crippen molar-refractivity contribution in [2.75, 3.05) is 20.7 Å². The summed E-state index contributed by atoms with van der Waals surface area (Å²) in [6, 6.07) is 2.14. The van der Waals surface area contributed by atoms with Crippen molar-refractivity contribution in [3.05, 3.63) is 34.1 Å². The molecule has 0 radical (unpaired) electrons. The topological polar surface area (TPSA) is 107 Å². The second-order valence-electron chi connectivity index (χ2n) is 3.71. The lowest BCUT2D eigenvalue weighted by molar-refractivity contribution is -0.385. The Morgan fingerprint density at radius 2 is 2.10 bits per heavy atom. The van der Waals surface area contributed by atoms with Crippen LogP contribution >= 0.6 is 0 Å². The maximum Gasteiger partial charge on any atom is 0.321 e. The van der Waals surface area contributed by atoms with Crippen molar-refractivity contribution in [1.29, 1.82) is 0 Å². The summed E-state index contributed by atoms with van der Waals surface area (Å²) in [4.78, 5) is 19.9. The van der Waals surface area contributed by atoms with Gasteiger partial charge in [0.05, 0.1) is 18.1 Å². The minimum atomic E-state index is -4.28. The van der Waals surface area contributed by atoms with Crippen LogP contribution in [0, 0.1) is 15.9 Å². The highest BCUT2D eigenvalue weighted by atomic mass is 32.2. The summed E-state index contributed by atoms with van der Waals surface area (Å²) in [5.41, 5.74) is -0.572. The van der Waals surface area contributed by atoms with Gasteiger partial charge in [-0.3, -0.25) is 14.9 Å². The van der Waals surface area contributed by atoms with Crippen molar-refractivity contribution in [2.45, 2.75) is 4.90 Å². The Balaban J connectivity index is 3.16. The number of carbonyl (C=O) groups excluding carboxylic acids is 1. The van der Waals surface area contributed by atoms with Crippen molar-refractivity contribution in [3.8, 4) is 0 Å². The number of rotatable bonds is 5. The van der Waals surface area contributed by atoms with Crippen molar-refractivity contribution in [2.24, 2.45) is 0 Å². The largest absolute Gasteiger partial charge is 0.468 e. The number of ether oxygens (including phenoxy) is 1. The lowest BCUT2D eigenvalue weighted by Gasteiger charge is -2.16. The summed E-state index contributed by atoms with van der Waals surface area (Å²) in [5, 5.41) is 10.5. The number of nitrogens with zero attached hydrogens (tertiary/aromatic N) is 2. The molecule has 110 valence electrons. The van der Waals surface area contributed by atoms with Crippen molar-refractivity contribution >= 4 is 21.7 Å². The molecule has 1 aromatic rings. The van der Waals surface area contributed by atoms with Gasteiger partial charge in [-0.1, -0.05) is 0 Å². The Hall–Kier alpha value is -2.07. The Bertz CT molecular complexity index is 645. The van der Waals surface area contributed by atoms with Gasteiger partial charge in [-0.25, -0.2) is 12.8 Å². The van der Waals surface area contributed by atoms with Gasteiger partial charge in [0.2, 0.25) is 10.0 Å². The lowest BCUT2D eigenvalue weighted by Crippen LogP contribution is -2.33. The average Bonchev–Trinajstić information content (AvgIpc) is 2.37. The molecule has 0 fully saturated rings. The van der Waals surface area contributed by atoms with Crippen LogP contribution in [0.5, 0.6) is 0 Å². The van der Waals surface area contributed by atoms with Crippen LogP contribution in [-0.2, 0) is 19.6 Å². The van der Waals surface area contributed by atoms with Crippen LogP contribution in [0.1, 0.15) is 0 Å². The first-order chi connectivity index (χ1) is 9.20. The molecule has 20 heavy (non-hydrogen) atoms. The highest BCUT2D eigenvalue weighted by Gasteiger charge is 2.27. The molecule has 1 aromatic carbocycles. The third-order valence-electron chi connectivity index (χ3n) is 2.39. The summed E-state index contributed by atoms with van der Waals surface area (Å²) < 4.78 is 42.5. The van der Waals surface area contributed by atoms with E-state index >= 15 is 0 Å². The van der Waals surface area contributed by atoms with Crippen LogP contribution < -0.4 is 0 Å². The number of likely N-dealkylation sites (N-methyl/N-ethyl adjacent to an activating group) is 1. The van der Waals surface area contributed by atoms with Crippen molar-refractivity contribution < 1.29 is 27.3 Å². The Kier molecular flexibility index (Phi) is 4.73. The van der Waals surface area contributed by atoms with E-state index in [1.807, 2.05) is 0 Å². The fourth-order valence-electron chi connectivity index (χ4n) is 1.31. The molecule has 0 aromatic heterocycles. The third-order valence-corrected chi connectivity index (χ3v) is 4.23. The van der Waals surface area contributed by atoms with E-state index in [0.29, 0.717) is 10.4 Å². The van der Waals surface area contributed by atoms with E-state index in [-0.39, 0.29) is 0 Å². The Morgan fingerprint density at radius 1 is 1.50 bits per heavy atom. The molecule has 0 amide bonds. The molecule has 0 spiro atoms. The van der Waals surface area contributed by atoms with E-state index in [2.05, 4.69) is 4.74 Å². The lowest BCUT2D eigenvalue weighted by atomic mass is 10.3. The van der Waals surface area contributed by atoms with Crippen LogP contribution in [0.4, 0.5) is 10.1 Å². The van der Waals surface area contributed by atoms with Crippen LogP contribution in [0.2, 0.25) is 0 Å². The zero-order valence-electron chi connectivity index (χ0n) is 10.6. The number of carbonyl (C=O) groups is 1. The zero-order chi connectivity index (χ0) is 15.5. The van der Waals surface area contributed by atoms with Gasteiger partial charge < -0.3 is 4.74 Å². The van der Waals surface area contributed by atoms with E-state index in [1.54, 1.807) is 0 Å². The summed E-state index contributed by atoms with van der Waals surface area (Å²) in [6.45, 7) is -0.602. The number of nitro benzene ring substituents is 1. The summed E-state index contributed by atoms with van der Waals surface area (Å²) >= 11 is 0. The van der Waals surface area contributed by atoms with Gasteiger partial charge in [0.25, 0.3) is 5.69 Å². The number of nitro groups is 1. The molecule has 10 heteroatoms. The number of hydrogen-bond donors (Lipinski definition) is 0. The highest BCUT2D eigenvalue weighted by molar-refractivity contribution is 7.89. The smallest absolute Gasteiger partial charge is 0.321 e. The van der Waals surface area contributed by atoms with E-state index < -0.39 is 43.9 Å². The van der Waals surface area contributed by atoms with Gasteiger partial charge in [-0.15, -0.1) is 0 Å². The molecule has 0 saturated heterocycles. The minimum absolute atomic E-state index is 0.499. The number of esters is 1. The van der Waals surface area contributed by atoms with Crippen LogP contribution in [-0.4, -0.2) is 44.3 Å². The number of halogens is 1. The van der Waals surface area contributed by atoms with E-state index in [0.717, 1.165) is 26.3 Å². The second-order valence-corrected chi connectivity index (χ2v) is 5.72. The van der Waals surface area contributed by atoms with Crippen molar-refractivity contribution in [1.82, 2.24) is 4.31 Å². The number of non-ortho nitro benzene ring substituents is 1. The number of methoxy groups -OCH3 is 1. The quantitative estimate of drug-likeness (QED) is 0.446. The monoisotopic (exact) mass is 306 g/mol. The molecule has 8 nitrogen and oxygen atoms in total. The number of benzene rings is 1. The molecule has 0 unspecified atom stereocenters. The maximum atomic E-state index is 13.7. The SMILES string of the molecule is COC(=O)CN(C)S(=O)(=O)c1ccc([N+](=O)[O-])cc1F. The molecule has 0 bridgehead atoms. The molecule has 0 saturated carbocycles. The first kappa shape index (κ1) is 16.0. The standard InChI is InChI=1S/C10H11FN2O6S/c1-12(6-10(14)19-2)20(17,18)9-4-3-7(13(15)16)5-8(9)11/h3-5H,6H2,1-2H3. The van der Waals surface area contributed by atoms with Crippen LogP contribution in [0.15, 0.2) is 23.1 Å². The molecule has 0 heterocycles. The van der Waals surface area contributed by atoms with Gasteiger partial charge in [0.15, 0.2) is 0 Å². The maximum absolute atomic E-state index is 13.7. The normalized spacial score (nSPS) is 11.4. The van der Waals surface area contributed by atoms with Gasteiger partial charge in [0.1, 0.15) is 17.3 Å². The second kappa shape index (κ2) is 5.92. The molecular weight excluding hydrogens is 295 g/mol. The summed E-state index contributed by atoms with van der Waals surface area (Å²) in [5.74, 6) is -2.09. The third kappa shape index (κ3) is 3.27. The fourth-order valence-corrected chi connectivity index (χ4v) is 2.47. The Labute approximate surface area is 114 Å². The number of hydrogen-bond acceptors (Lipinski definition) is 6. The van der Waals surface area contributed by atoms with E-state index in [4.69, 9.17) is 0 Å². The van der Waals surface area contributed by atoms with Crippen molar-refractivity contribution in [3.63, 3.8) is 0 Å². The van der Waals surface area contributed by atoms with E-state index in [1.165, 1.54) is 0 Å². The molecule has 1 rings (SSSR count). The average molecular weight is 306 g/mol. The predicted octanol–water partition coefficient (Wildman–Crippen LogP) is 0.527. The summed E-state index contributed by atoms with van der Waals surface area (Å²) in [6.07, 6.45) is 0. The van der Waals surface area contributed by atoms with Gasteiger partial charge >= 0.3 is 5.97 Å². The molecule has 0 aliphatic heterocycles. The fraction of sp³-hybridized carbons (Fsp3) is 0.300. The van der Waals surface area contributed by atoms with Gasteiger partial charge in [-0.2, -0.15) is 4.31 Å². The summed E-state index contributed by atoms with van der Waals surface area (Å²) in [7, 11) is -2.14. The number of sulfonamides is 1. The molecule has 0 aliphatic carbocycles. The minimum Gasteiger partial charge on any atom is -0.468 e. The first-order valence-corrected chi connectivity index (χ1v) is 6.61. The van der Waals surface area contributed by atoms with E-state index in [9.17, 15) is 27.7 Å². The van der Waals surface area contributed by atoms with Crippen LogP contribution in [0.3, 0.4) is 0 Å². The zero-order valence-corrected chi connectivity index (χ0v) is 11.4. The molecule has 0 aliphatic rings. The van der Waals surface area contributed by atoms with Crippen LogP contribution in [0.25, 0.3) is 0 Å². The van der Waals surface area contributed by atoms with Gasteiger partial charge in [-0.05, 0) is 6.07 Å². The Morgan fingerprint density at radius 3 is 2.55 bits per heavy atom. The molecular formula is C10H11FN2O6S. The first-order valence-electron chi connectivity index (χ1n) is 5.17. The molecule has 0 N–H and O–H groups in total. The highest BCUT2D eigenvalue weighted by Crippen LogP contribution is 2.22.